The van der Waals surface area contributed by atoms with Gasteiger partial charge in [0.15, 0.2) is 0 Å². The lowest BCUT2D eigenvalue weighted by molar-refractivity contribution is 0.0691. The highest BCUT2D eigenvalue weighted by molar-refractivity contribution is 8.00. The van der Waals surface area contributed by atoms with Gasteiger partial charge in [-0.2, -0.15) is 0 Å². The van der Waals surface area contributed by atoms with Crippen molar-refractivity contribution in [2.24, 2.45) is 0 Å². The molecule has 170 valence electrons. The number of carboxylic acid groups (broad SMARTS) is 1. The summed E-state index contributed by atoms with van der Waals surface area (Å²) in [6.45, 7) is 0. The second-order valence-corrected chi connectivity index (χ2v) is 9.07. The number of carbonyl (C=O) groups is 1. The van der Waals surface area contributed by atoms with Crippen molar-refractivity contribution in [1.29, 1.82) is 0 Å². The fraction of sp³-hybridized carbons (Fsp3) is 0.0400. The average Bonchev–Trinajstić information content (AvgIpc) is 3.52. The first-order valence-electron chi connectivity index (χ1n) is 10.2. The number of nitrogens with one attached hydrogen (secondary N) is 2. The van der Waals surface area contributed by atoms with Crippen molar-refractivity contribution in [2.45, 2.75) is 5.03 Å². The number of nitrogens with zero attached hydrogens (tertiary/aromatic N) is 1. The van der Waals surface area contributed by atoms with Gasteiger partial charge in [0.05, 0.1) is 18.4 Å². The molecule has 0 atom stereocenters. The predicted molar refractivity (Wildman–Crippen MR) is 134 cm³/mol. The van der Waals surface area contributed by atoms with Gasteiger partial charge < -0.3 is 19.5 Å². The molecule has 0 aliphatic carbocycles. The lowest BCUT2D eigenvalue weighted by Crippen LogP contribution is -2.03. The van der Waals surface area contributed by atoms with Crippen LogP contribution in [-0.2, 0) is 0 Å². The van der Waals surface area contributed by atoms with Crippen LogP contribution in [0.5, 0.6) is 5.75 Å². The molecule has 2 heterocycles. The molecule has 2 aromatic heterocycles. The minimum atomic E-state index is -1.35. The Balaban J connectivity index is 1.30. The summed E-state index contributed by atoms with van der Waals surface area (Å²) in [5.74, 6) is -1.96. The molecule has 0 aliphatic rings. The standard InChI is InChI=1S/C25H18FN3O3S2/c1-32-22-11-18(25(30)31)19(26)12-21(22)29-34-23-13-33-24(28-23)15-4-2-14(3-5-15)16-6-7-20-17(10-16)8-9-27-20/h2-13,27,29H,1H3,(H,30,31). The number of halogens is 1. The van der Waals surface area contributed by atoms with Crippen molar-refractivity contribution >= 4 is 45.8 Å². The summed E-state index contributed by atoms with van der Waals surface area (Å²) >= 11 is 2.70. The van der Waals surface area contributed by atoms with Crippen LogP contribution in [0.15, 0.2) is 77.3 Å². The molecule has 3 N–H and O–H groups in total. The van der Waals surface area contributed by atoms with Gasteiger partial charge in [-0.15, -0.1) is 11.3 Å². The van der Waals surface area contributed by atoms with Gasteiger partial charge in [0.1, 0.15) is 21.6 Å². The average molecular weight is 492 g/mol. The highest BCUT2D eigenvalue weighted by Crippen LogP contribution is 2.34. The van der Waals surface area contributed by atoms with Gasteiger partial charge in [-0.3, -0.25) is 0 Å². The van der Waals surface area contributed by atoms with E-state index in [4.69, 9.17) is 9.84 Å². The zero-order valence-corrected chi connectivity index (χ0v) is 19.5. The topological polar surface area (TPSA) is 87.2 Å². The SMILES string of the molecule is COc1cc(C(=O)O)c(F)cc1NSc1csc(-c2ccc(-c3ccc4[nH]ccc4c3)cc2)n1. The smallest absolute Gasteiger partial charge is 0.338 e. The van der Waals surface area contributed by atoms with Crippen LogP contribution in [0.1, 0.15) is 10.4 Å². The zero-order chi connectivity index (χ0) is 23.7. The van der Waals surface area contributed by atoms with Gasteiger partial charge in [-0.25, -0.2) is 14.2 Å². The summed E-state index contributed by atoms with van der Waals surface area (Å²) in [6, 6.07) is 18.9. The van der Waals surface area contributed by atoms with Gasteiger partial charge in [-0.1, -0.05) is 30.3 Å². The van der Waals surface area contributed by atoms with E-state index in [0.717, 1.165) is 39.3 Å². The van der Waals surface area contributed by atoms with Crippen molar-refractivity contribution in [3.8, 4) is 27.4 Å². The number of hydrogen-bond donors (Lipinski definition) is 3. The quantitative estimate of drug-likeness (QED) is 0.214. The maximum Gasteiger partial charge on any atom is 0.338 e. The zero-order valence-electron chi connectivity index (χ0n) is 17.8. The lowest BCUT2D eigenvalue weighted by atomic mass is 10.0. The molecule has 0 amide bonds. The van der Waals surface area contributed by atoms with E-state index in [2.05, 4.69) is 51.1 Å². The molecule has 34 heavy (non-hydrogen) atoms. The second-order valence-electron chi connectivity index (χ2n) is 7.39. The number of H-pyrrole nitrogens is 1. The van der Waals surface area contributed by atoms with E-state index in [1.165, 1.54) is 35.8 Å². The highest BCUT2D eigenvalue weighted by Gasteiger charge is 2.16. The predicted octanol–water partition coefficient (Wildman–Crippen LogP) is 6.92. The summed E-state index contributed by atoms with van der Waals surface area (Å²) in [5.41, 5.74) is 4.26. The van der Waals surface area contributed by atoms with E-state index in [1.54, 1.807) is 0 Å². The number of fused-ring (bicyclic) bond motifs is 1. The van der Waals surface area contributed by atoms with Gasteiger partial charge in [0.25, 0.3) is 0 Å². The summed E-state index contributed by atoms with van der Waals surface area (Å²) in [4.78, 5) is 19.0. The van der Waals surface area contributed by atoms with Crippen LogP contribution in [0.2, 0.25) is 0 Å². The van der Waals surface area contributed by atoms with Gasteiger partial charge in [0.2, 0.25) is 0 Å². The fourth-order valence-electron chi connectivity index (χ4n) is 3.55. The number of ether oxygens (including phenoxy) is 1. The van der Waals surface area contributed by atoms with Gasteiger partial charge >= 0.3 is 5.97 Å². The van der Waals surface area contributed by atoms with Crippen LogP contribution in [0.25, 0.3) is 32.6 Å². The molecular weight excluding hydrogens is 473 g/mol. The Morgan fingerprint density at radius 2 is 1.85 bits per heavy atom. The minimum absolute atomic E-state index is 0.232. The first-order chi connectivity index (χ1) is 16.5. The van der Waals surface area contributed by atoms with E-state index >= 15 is 0 Å². The largest absolute Gasteiger partial charge is 0.495 e. The Morgan fingerprint density at radius 3 is 2.62 bits per heavy atom. The minimum Gasteiger partial charge on any atom is -0.495 e. The van der Waals surface area contributed by atoms with Crippen LogP contribution < -0.4 is 9.46 Å². The molecule has 6 nitrogen and oxygen atoms in total. The molecule has 0 bridgehead atoms. The van der Waals surface area contributed by atoms with E-state index in [-0.39, 0.29) is 5.75 Å². The molecule has 0 radical (unpaired) electrons. The molecule has 0 saturated heterocycles. The number of hydrogen-bond acceptors (Lipinski definition) is 6. The molecule has 0 fully saturated rings. The summed E-state index contributed by atoms with van der Waals surface area (Å²) < 4.78 is 22.3. The van der Waals surface area contributed by atoms with Crippen molar-refractivity contribution in [2.75, 3.05) is 11.8 Å². The maximum absolute atomic E-state index is 14.1. The molecule has 5 aromatic rings. The van der Waals surface area contributed by atoms with Crippen molar-refractivity contribution < 1.29 is 19.0 Å². The third kappa shape index (κ3) is 4.35. The number of aromatic carboxylic acids is 1. The summed E-state index contributed by atoms with van der Waals surface area (Å²) in [5, 5.41) is 13.7. The monoisotopic (exact) mass is 491 g/mol. The number of aromatic amines is 1. The van der Waals surface area contributed by atoms with Gasteiger partial charge in [-0.05, 0) is 40.8 Å². The maximum atomic E-state index is 14.1. The molecule has 0 unspecified atom stereocenters. The van der Waals surface area contributed by atoms with E-state index in [0.29, 0.717) is 10.7 Å². The second kappa shape index (κ2) is 9.20. The fourth-order valence-corrected chi connectivity index (χ4v) is 5.14. The first kappa shape index (κ1) is 22.0. The molecule has 0 spiro atoms. The van der Waals surface area contributed by atoms with E-state index < -0.39 is 17.3 Å². The van der Waals surface area contributed by atoms with Crippen LogP contribution in [0.4, 0.5) is 10.1 Å². The summed E-state index contributed by atoms with van der Waals surface area (Å²) in [7, 11) is 1.40. The normalized spacial score (nSPS) is 11.0. The highest BCUT2D eigenvalue weighted by atomic mass is 32.2. The molecule has 5 rings (SSSR count). The molecule has 9 heteroatoms. The Labute approximate surface area is 202 Å². The van der Waals surface area contributed by atoms with Crippen molar-refractivity contribution in [3.63, 3.8) is 0 Å². The Hall–Kier alpha value is -3.82. The van der Waals surface area contributed by atoms with Crippen LogP contribution in [0, 0.1) is 5.82 Å². The molecule has 3 aromatic carbocycles. The third-order valence-electron chi connectivity index (χ3n) is 5.29. The lowest BCUT2D eigenvalue weighted by Gasteiger charge is -2.11. The van der Waals surface area contributed by atoms with E-state index in [9.17, 15) is 9.18 Å². The first-order valence-corrected chi connectivity index (χ1v) is 11.9. The molecule has 0 aliphatic heterocycles. The Kier molecular flexibility index (Phi) is 5.95. The van der Waals surface area contributed by atoms with Crippen LogP contribution in [-0.4, -0.2) is 28.2 Å². The number of benzene rings is 3. The van der Waals surface area contributed by atoms with Crippen LogP contribution >= 0.6 is 23.3 Å². The Morgan fingerprint density at radius 1 is 1.09 bits per heavy atom. The number of methoxy groups -OCH3 is 1. The van der Waals surface area contributed by atoms with Crippen LogP contribution in [0.3, 0.4) is 0 Å². The molecule has 0 saturated carbocycles. The van der Waals surface area contributed by atoms with Crippen molar-refractivity contribution in [3.05, 3.63) is 83.6 Å². The van der Waals surface area contributed by atoms with E-state index in [1.807, 2.05) is 23.7 Å². The number of carboxylic acids is 1. The number of aromatic nitrogens is 2. The number of rotatable bonds is 7. The number of anilines is 1. The van der Waals surface area contributed by atoms with Gasteiger partial charge in [0, 0.05) is 40.7 Å². The van der Waals surface area contributed by atoms with Crippen molar-refractivity contribution in [1.82, 2.24) is 9.97 Å². The third-order valence-corrected chi connectivity index (χ3v) is 7.07. The molecular formula is C25H18FN3O3S2. The summed E-state index contributed by atoms with van der Waals surface area (Å²) in [6.07, 6.45) is 1.93. The number of thiazole rings is 1. The Bertz CT molecular complexity index is 1500.